The quantitative estimate of drug-likeness (QED) is 0.764. The molecule has 2 atom stereocenters. The van der Waals surface area contributed by atoms with Crippen molar-refractivity contribution in [2.45, 2.75) is 12.0 Å². The molecular formula is C21H19N5O. The molecular weight excluding hydrogens is 338 g/mol. The molecule has 1 N–H and O–H groups in total. The van der Waals surface area contributed by atoms with E-state index >= 15 is 0 Å². The van der Waals surface area contributed by atoms with Gasteiger partial charge in [-0.15, -0.1) is 0 Å². The van der Waals surface area contributed by atoms with Crippen LogP contribution in [0, 0.1) is 17.2 Å². The molecule has 3 heterocycles. The van der Waals surface area contributed by atoms with E-state index < -0.39 is 5.41 Å². The number of hydrogen-bond acceptors (Lipinski definition) is 4. The minimum atomic E-state index is -0.777. The number of nitrogens with one attached hydrogen (secondary N) is 1. The Hall–Kier alpha value is -3.17. The highest BCUT2D eigenvalue weighted by Gasteiger charge is 2.57. The third-order valence-electron chi connectivity index (χ3n) is 5.92. The van der Waals surface area contributed by atoms with Crippen molar-refractivity contribution >= 4 is 22.6 Å². The minimum absolute atomic E-state index is 0.0575. The Bertz CT molecular complexity index is 1110. The Morgan fingerprint density at radius 3 is 3.04 bits per heavy atom. The van der Waals surface area contributed by atoms with Crippen LogP contribution in [0.5, 0.6) is 0 Å². The number of aryl methyl sites for hydroxylation is 1. The molecule has 0 saturated carbocycles. The second-order valence-corrected chi connectivity index (χ2v) is 7.50. The van der Waals surface area contributed by atoms with Crippen LogP contribution in [-0.4, -0.2) is 33.4 Å². The molecule has 2 unspecified atom stereocenters. The smallest absolute Gasteiger partial charge is 0.237 e. The van der Waals surface area contributed by atoms with Crippen molar-refractivity contribution in [3.8, 4) is 6.07 Å². The summed E-state index contributed by atoms with van der Waals surface area (Å²) in [6, 6.07) is 16.4. The van der Waals surface area contributed by atoms with E-state index in [-0.39, 0.29) is 11.8 Å². The zero-order valence-corrected chi connectivity index (χ0v) is 15.0. The monoisotopic (exact) mass is 357 g/mol. The fraction of sp³-hybridized carbons (Fsp3) is 0.286. The van der Waals surface area contributed by atoms with Crippen molar-refractivity contribution < 1.29 is 4.79 Å². The van der Waals surface area contributed by atoms with Crippen LogP contribution in [0.1, 0.15) is 11.1 Å². The van der Waals surface area contributed by atoms with Gasteiger partial charge in [0.2, 0.25) is 5.91 Å². The van der Waals surface area contributed by atoms with Gasteiger partial charge in [-0.2, -0.15) is 5.26 Å². The Labute approximate surface area is 157 Å². The minimum Gasteiger partial charge on any atom is -0.334 e. The van der Waals surface area contributed by atoms with Gasteiger partial charge in [-0.1, -0.05) is 24.3 Å². The molecule has 1 aromatic heterocycles. The summed E-state index contributed by atoms with van der Waals surface area (Å²) in [5.74, 6) is -0.419. The normalized spacial score (nSPS) is 24.3. The molecule has 1 fully saturated rings. The predicted octanol–water partition coefficient (Wildman–Crippen LogP) is 2.42. The van der Waals surface area contributed by atoms with Crippen molar-refractivity contribution in [2.75, 3.05) is 18.4 Å². The van der Waals surface area contributed by atoms with Gasteiger partial charge in [0, 0.05) is 32.4 Å². The van der Waals surface area contributed by atoms with Gasteiger partial charge in [0.25, 0.3) is 0 Å². The molecule has 6 nitrogen and oxygen atoms in total. The summed E-state index contributed by atoms with van der Waals surface area (Å²) in [4.78, 5) is 19.5. The zero-order chi connectivity index (χ0) is 18.6. The van der Waals surface area contributed by atoms with Crippen LogP contribution in [-0.2, 0) is 23.8 Å². The van der Waals surface area contributed by atoms with Crippen molar-refractivity contribution in [3.05, 3.63) is 59.9 Å². The number of imidazole rings is 1. The van der Waals surface area contributed by atoms with Crippen LogP contribution in [0.3, 0.4) is 0 Å². The Kier molecular flexibility index (Phi) is 3.36. The highest BCUT2D eigenvalue weighted by Crippen LogP contribution is 2.47. The summed E-state index contributed by atoms with van der Waals surface area (Å²) in [5.41, 5.74) is 4.20. The number of benzene rings is 2. The summed E-state index contributed by atoms with van der Waals surface area (Å²) >= 11 is 0. The first-order valence-electron chi connectivity index (χ1n) is 9.05. The van der Waals surface area contributed by atoms with E-state index in [2.05, 4.69) is 39.5 Å². The number of aromatic nitrogens is 2. The van der Waals surface area contributed by atoms with Gasteiger partial charge in [0.15, 0.2) is 0 Å². The average Bonchev–Trinajstić information content (AvgIpc) is 3.31. The van der Waals surface area contributed by atoms with Gasteiger partial charge in [0.05, 0.1) is 29.3 Å². The summed E-state index contributed by atoms with van der Waals surface area (Å²) in [5, 5.41) is 12.8. The van der Waals surface area contributed by atoms with Gasteiger partial charge < -0.3 is 9.88 Å². The summed E-state index contributed by atoms with van der Waals surface area (Å²) < 4.78 is 2.00. The third-order valence-corrected chi connectivity index (χ3v) is 5.92. The Balaban J connectivity index is 1.48. The first-order chi connectivity index (χ1) is 13.1. The van der Waals surface area contributed by atoms with Crippen LogP contribution in [0.4, 0.5) is 5.69 Å². The van der Waals surface area contributed by atoms with Crippen molar-refractivity contribution in [3.63, 3.8) is 0 Å². The van der Waals surface area contributed by atoms with E-state index in [9.17, 15) is 10.1 Å². The molecule has 1 spiro atoms. The van der Waals surface area contributed by atoms with Gasteiger partial charge >= 0.3 is 0 Å². The van der Waals surface area contributed by atoms with Crippen molar-refractivity contribution in [1.29, 1.82) is 5.26 Å². The highest BCUT2D eigenvalue weighted by atomic mass is 16.2. The maximum atomic E-state index is 12.9. The summed E-state index contributed by atoms with van der Waals surface area (Å²) in [6.45, 7) is 1.83. The number of nitriles is 1. The van der Waals surface area contributed by atoms with Gasteiger partial charge in [0.1, 0.15) is 5.41 Å². The molecule has 2 aromatic carbocycles. The molecule has 1 saturated heterocycles. The molecule has 2 aliphatic heterocycles. The van der Waals surface area contributed by atoms with E-state index in [4.69, 9.17) is 0 Å². The van der Waals surface area contributed by atoms with E-state index in [0.717, 1.165) is 27.8 Å². The van der Waals surface area contributed by atoms with E-state index in [1.54, 1.807) is 0 Å². The number of anilines is 1. The molecule has 0 aliphatic carbocycles. The lowest BCUT2D eigenvalue weighted by atomic mass is 9.74. The van der Waals surface area contributed by atoms with E-state index in [1.165, 1.54) is 0 Å². The number of carbonyl (C=O) groups is 1. The lowest BCUT2D eigenvalue weighted by Gasteiger charge is -2.24. The second-order valence-electron chi connectivity index (χ2n) is 7.50. The SMILES string of the molecule is Cn1cnc2cc(CN3CC(C#N)C4(C3)C(=O)Nc3ccccc34)ccc21. The second kappa shape index (κ2) is 5.66. The molecule has 0 bridgehead atoms. The van der Waals surface area contributed by atoms with Crippen LogP contribution in [0.2, 0.25) is 0 Å². The standard InChI is InChI=1S/C21H19N5O/c1-25-13-23-18-8-14(6-7-19(18)25)10-26-11-15(9-22)21(12-26)16-4-2-3-5-17(16)24-20(21)27/h2-8,13,15H,10-12H2,1H3,(H,24,27). The van der Waals surface area contributed by atoms with Crippen LogP contribution >= 0.6 is 0 Å². The summed E-state index contributed by atoms with van der Waals surface area (Å²) in [7, 11) is 1.98. The number of hydrogen-bond donors (Lipinski definition) is 1. The third kappa shape index (κ3) is 2.22. The highest BCUT2D eigenvalue weighted by molar-refractivity contribution is 6.07. The fourth-order valence-corrected chi connectivity index (χ4v) is 4.59. The number of carbonyl (C=O) groups excluding carboxylic acids is 1. The largest absolute Gasteiger partial charge is 0.334 e. The number of nitrogens with zero attached hydrogens (tertiary/aromatic N) is 4. The first kappa shape index (κ1) is 16.0. The molecule has 27 heavy (non-hydrogen) atoms. The van der Waals surface area contributed by atoms with Crippen molar-refractivity contribution in [2.24, 2.45) is 13.0 Å². The number of para-hydroxylation sites is 1. The Morgan fingerprint density at radius 2 is 2.19 bits per heavy atom. The van der Waals surface area contributed by atoms with Gasteiger partial charge in [-0.25, -0.2) is 4.98 Å². The molecule has 134 valence electrons. The first-order valence-corrected chi connectivity index (χ1v) is 9.05. The molecule has 3 aromatic rings. The maximum absolute atomic E-state index is 12.9. The molecule has 1 amide bonds. The maximum Gasteiger partial charge on any atom is 0.237 e. The summed E-state index contributed by atoms with van der Waals surface area (Å²) in [6.07, 6.45) is 1.81. The van der Waals surface area contributed by atoms with Crippen LogP contribution in [0.25, 0.3) is 11.0 Å². The fourth-order valence-electron chi connectivity index (χ4n) is 4.59. The Morgan fingerprint density at radius 1 is 1.33 bits per heavy atom. The van der Waals surface area contributed by atoms with Gasteiger partial charge in [-0.3, -0.25) is 9.69 Å². The zero-order valence-electron chi connectivity index (χ0n) is 15.0. The van der Waals surface area contributed by atoms with Crippen LogP contribution in [0.15, 0.2) is 48.8 Å². The molecule has 2 aliphatic rings. The van der Waals surface area contributed by atoms with E-state index in [1.807, 2.05) is 42.2 Å². The molecule has 5 rings (SSSR count). The van der Waals surface area contributed by atoms with Gasteiger partial charge in [-0.05, 0) is 29.3 Å². The predicted molar refractivity (Wildman–Crippen MR) is 102 cm³/mol. The average molecular weight is 357 g/mol. The lowest BCUT2D eigenvalue weighted by molar-refractivity contribution is -0.121. The van der Waals surface area contributed by atoms with E-state index in [0.29, 0.717) is 19.6 Å². The number of amides is 1. The van der Waals surface area contributed by atoms with Crippen molar-refractivity contribution in [1.82, 2.24) is 14.5 Å². The number of fused-ring (bicyclic) bond motifs is 3. The molecule has 0 radical (unpaired) electrons. The molecule has 6 heteroatoms. The lowest BCUT2D eigenvalue weighted by Crippen LogP contribution is -2.41. The topological polar surface area (TPSA) is 74.0 Å². The number of likely N-dealkylation sites (tertiary alicyclic amines) is 1. The van der Waals surface area contributed by atoms with Crippen LogP contribution < -0.4 is 5.32 Å². The number of rotatable bonds is 2.